The Hall–Kier alpha value is -0.890. The second-order valence-electron chi connectivity index (χ2n) is 6.04. The molecule has 1 nitrogen and oxygen atoms in total. The summed E-state index contributed by atoms with van der Waals surface area (Å²) in [5.41, 5.74) is 1.33. The molecule has 0 aromatic heterocycles. The van der Waals surface area contributed by atoms with E-state index in [0.29, 0.717) is 6.54 Å². The lowest BCUT2D eigenvalue weighted by Gasteiger charge is -2.31. The van der Waals surface area contributed by atoms with Crippen molar-refractivity contribution in [1.82, 2.24) is 4.90 Å². The van der Waals surface area contributed by atoms with Crippen LogP contribution in [0.15, 0.2) is 30.3 Å². The summed E-state index contributed by atoms with van der Waals surface area (Å²) >= 11 is 0. The predicted molar refractivity (Wildman–Crippen MR) is 69.9 cm³/mol. The highest BCUT2D eigenvalue weighted by Crippen LogP contribution is 2.29. The van der Waals surface area contributed by atoms with Gasteiger partial charge in [-0.25, -0.2) is 4.39 Å². The second kappa shape index (κ2) is 4.77. The molecule has 1 aliphatic heterocycles. The highest BCUT2D eigenvalue weighted by molar-refractivity contribution is 5.16. The third kappa shape index (κ3) is 3.06. The molecule has 0 saturated carbocycles. The van der Waals surface area contributed by atoms with Crippen LogP contribution in [0.2, 0.25) is 0 Å². The Morgan fingerprint density at radius 2 is 1.82 bits per heavy atom. The van der Waals surface area contributed by atoms with Crippen molar-refractivity contribution in [2.45, 2.75) is 38.9 Å². The second-order valence-corrected chi connectivity index (χ2v) is 6.04. The molecule has 2 rings (SSSR count). The van der Waals surface area contributed by atoms with Crippen LogP contribution in [0.5, 0.6) is 0 Å². The minimum absolute atomic E-state index is 0.0791. The molecule has 1 aliphatic rings. The Labute approximate surface area is 104 Å². The maximum absolute atomic E-state index is 14.0. The molecule has 1 heterocycles. The molecule has 2 atom stereocenters. The lowest BCUT2D eigenvalue weighted by atomic mass is 9.97. The Bertz CT molecular complexity index is 355. The Morgan fingerprint density at radius 1 is 1.18 bits per heavy atom. The van der Waals surface area contributed by atoms with Crippen LogP contribution >= 0.6 is 0 Å². The van der Waals surface area contributed by atoms with Crippen molar-refractivity contribution >= 4 is 0 Å². The fourth-order valence-corrected chi connectivity index (χ4v) is 2.49. The van der Waals surface area contributed by atoms with Gasteiger partial charge in [0.15, 0.2) is 0 Å². The third-order valence-electron chi connectivity index (χ3n) is 3.65. The average Bonchev–Trinajstić information content (AvgIpc) is 2.62. The van der Waals surface area contributed by atoms with Crippen molar-refractivity contribution in [3.8, 4) is 0 Å². The summed E-state index contributed by atoms with van der Waals surface area (Å²) in [7, 11) is 0. The maximum atomic E-state index is 14.0. The molecular formula is C15H22FN. The Kier molecular flexibility index (Phi) is 3.53. The first kappa shape index (κ1) is 12.6. The van der Waals surface area contributed by atoms with E-state index in [0.717, 1.165) is 13.0 Å². The molecule has 1 fully saturated rings. The molecule has 2 heteroatoms. The van der Waals surface area contributed by atoms with E-state index in [1.54, 1.807) is 0 Å². The Balaban J connectivity index is 2.00. The summed E-state index contributed by atoms with van der Waals surface area (Å²) in [5.74, 6) is 0.150. The fourth-order valence-electron chi connectivity index (χ4n) is 2.49. The van der Waals surface area contributed by atoms with Crippen LogP contribution in [0.4, 0.5) is 4.39 Å². The van der Waals surface area contributed by atoms with E-state index >= 15 is 0 Å². The number of halogens is 1. The summed E-state index contributed by atoms with van der Waals surface area (Å²) in [6, 6.07) is 10.2. The summed E-state index contributed by atoms with van der Waals surface area (Å²) in [4.78, 5) is 2.26. The molecule has 2 unspecified atom stereocenters. The average molecular weight is 235 g/mol. The molecular weight excluding hydrogens is 213 g/mol. The third-order valence-corrected chi connectivity index (χ3v) is 3.65. The van der Waals surface area contributed by atoms with E-state index in [4.69, 9.17) is 0 Å². The van der Waals surface area contributed by atoms with Gasteiger partial charge in [-0.1, -0.05) is 30.3 Å². The van der Waals surface area contributed by atoms with Gasteiger partial charge in [-0.15, -0.1) is 0 Å². The standard InChI is InChI=1S/C15H22FN/c1-15(2,3)17-10-13(14(16)11-17)9-12-7-5-4-6-8-12/h4-8,13-14H,9-11H2,1-3H3. The minimum Gasteiger partial charge on any atom is -0.295 e. The number of nitrogens with zero attached hydrogens (tertiary/aromatic N) is 1. The number of benzene rings is 1. The molecule has 0 N–H and O–H groups in total. The van der Waals surface area contributed by atoms with E-state index in [-0.39, 0.29) is 11.5 Å². The molecule has 17 heavy (non-hydrogen) atoms. The molecule has 1 aromatic carbocycles. The van der Waals surface area contributed by atoms with Gasteiger partial charge in [-0.3, -0.25) is 4.90 Å². The Morgan fingerprint density at radius 3 is 2.35 bits per heavy atom. The van der Waals surface area contributed by atoms with Crippen LogP contribution in [0.1, 0.15) is 26.3 Å². The van der Waals surface area contributed by atoms with E-state index in [1.807, 2.05) is 18.2 Å². The molecule has 0 radical (unpaired) electrons. The van der Waals surface area contributed by atoms with Crippen molar-refractivity contribution in [1.29, 1.82) is 0 Å². The normalized spacial score (nSPS) is 26.4. The first-order valence-corrected chi connectivity index (χ1v) is 6.40. The van der Waals surface area contributed by atoms with Gasteiger partial charge in [0.2, 0.25) is 0 Å². The topological polar surface area (TPSA) is 3.24 Å². The minimum atomic E-state index is -0.686. The number of likely N-dealkylation sites (tertiary alicyclic amines) is 1. The first-order valence-electron chi connectivity index (χ1n) is 6.40. The van der Waals surface area contributed by atoms with Gasteiger partial charge in [0.1, 0.15) is 6.17 Å². The van der Waals surface area contributed by atoms with Crippen molar-refractivity contribution in [3.63, 3.8) is 0 Å². The van der Waals surface area contributed by atoms with Gasteiger partial charge in [-0.2, -0.15) is 0 Å². The van der Waals surface area contributed by atoms with Crippen molar-refractivity contribution in [2.75, 3.05) is 13.1 Å². The van der Waals surface area contributed by atoms with Crippen molar-refractivity contribution < 1.29 is 4.39 Å². The van der Waals surface area contributed by atoms with Gasteiger partial charge in [0.05, 0.1) is 0 Å². The van der Waals surface area contributed by atoms with Gasteiger partial charge in [0.25, 0.3) is 0 Å². The van der Waals surface area contributed by atoms with Gasteiger partial charge in [0, 0.05) is 24.5 Å². The molecule has 0 aliphatic carbocycles. The maximum Gasteiger partial charge on any atom is 0.117 e. The summed E-state index contributed by atoms with van der Waals surface area (Å²) in [6.07, 6.45) is 0.170. The summed E-state index contributed by atoms with van der Waals surface area (Å²) in [5, 5.41) is 0. The number of hydrogen-bond donors (Lipinski definition) is 0. The van der Waals surface area contributed by atoms with Crippen molar-refractivity contribution in [3.05, 3.63) is 35.9 Å². The van der Waals surface area contributed by atoms with E-state index in [1.165, 1.54) is 5.56 Å². The van der Waals surface area contributed by atoms with Gasteiger partial charge < -0.3 is 0 Å². The molecule has 94 valence electrons. The van der Waals surface area contributed by atoms with Crippen LogP contribution in [0, 0.1) is 5.92 Å². The van der Waals surface area contributed by atoms with E-state index in [2.05, 4.69) is 37.8 Å². The van der Waals surface area contributed by atoms with Crippen molar-refractivity contribution in [2.24, 2.45) is 5.92 Å². The zero-order chi connectivity index (χ0) is 12.5. The lowest BCUT2D eigenvalue weighted by Crippen LogP contribution is -2.39. The van der Waals surface area contributed by atoms with E-state index in [9.17, 15) is 4.39 Å². The number of rotatable bonds is 2. The smallest absolute Gasteiger partial charge is 0.117 e. The number of alkyl halides is 1. The fraction of sp³-hybridized carbons (Fsp3) is 0.600. The van der Waals surface area contributed by atoms with Gasteiger partial charge >= 0.3 is 0 Å². The zero-order valence-electron chi connectivity index (χ0n) is 11.0. The van der Waals surface area contributed by atoms with Crippen LogP contribution in [0.25, 0.3) is 0 Å². The van der Waals surface area contributed by atoms with E-state index < -0.39 is 6.17 Å². The largest absolute Gasteiger partial charge is 0.295 e. The van der Waals surface area contributed by atoms with Crippen LogP contribution < -0.4 is 0 Å². The summed E-state index contributed by atoms with van der Waals surface area (Å²) in [6.45, 7) is 7.93. The van der Waals surface area contributed by atoms with Crippen LogP contribution in [-0.2, 0) is 6.42 Å². The molecule has 0 amide bonds. The highest BCUT2D eigenvalue weighted by atomic mass is 19.1. The summed E-state index contributed by atoms with van der Waals surface area (Å²) < 4.78 is 14.0. The molecule has 0 spiro atoms. The van der Waals surface area contributed by atoms with Crippen LogP contribution in [-0.4, -0.2) is 29.7 Å². The highest BCUT2D eigenvalue weighted by Gasteiger charge is 2.37. The first-order chi connectivity index (χ1) is 7.97. The molecule has 0 bridgehead atoms. The SMILES string of the molecule is CC(C)(C)N1CC(F)C(Cc2ccccc2)C1. The lowest BCUT2D eigenvalue weighted by molar-refractivity contribution is 0.160. The zero-order valence-corrected chi connectivity index (χ0v) is 11.0. The molecule has 1 aromatic rings. The molecule has 1 saturated heterocycles. The van der Waals surface area contributed by atoms with Crippen LogP contribution in [0.3, 0.4) is 0 Å². The van der Waals surface area contributed by atoms with Gasteiger partial charge in [-0.05, 0) is 32.8 Å². The number of hydrogen-bond acceptors (Lipinski definition) is 1. The monoisotopic (exact) mass is 235 g/mol. The quantitative estimate of drug-likeness (QED) is 0.760. The predicted octanol–water partition coefficient (Wildman–Crippen LogP) is 3.30.